The van der Waals surface area contributed by atoms with Crippen LogP contribution in [0.25, 0.3) is 0 Å². The predicted molar refractivity (Wildman–Crippen MR) is 47.3 cm³/mol. The molecule has 68 valence electrons. The second-order valence-electron chi connectivity index (χ2n) is 2.45. The van der Waals surface area contributed by atoms with Crippen LogP contribution in [-0.2, 0) is 9.53 Å². The topological polar surface area (TPSA) is 52.3 Å². The van der Waals surface area contributed by atoms with Crippen molar-refractivity contribution in [2.24, 2.45) is 5.73 Å². The molecular weight excluding hydrogens is 154 g/mol. The van der Waals surface area contributed by atoms with Crippen LogP contribution in [0.1, 0.15) is 26.2 Å². The molecule has 0 aliphatic rings. The van der Waals surface area contributed by atoms with E-state index in [-0.39, 0.29) is 5.97 Å². The summed E-state index contributed by atoms with van der Waals surface area (Å²) in [6.07, 6.45) is 7.08. The Bertz CT molecular complexity index is 172. The lowest BCUT2D eigenvalue weighted by molar-refractivity contribution is -0.144. The molecule has 1 unspecified atom stereocenters. The quantitative estimate of drug-likeness (QED) is 0.374. The first kappa shape index (κ1) is 11.0. The number of hydrogen-bond donors (Lipinski definition) is 1. The molecule has 0 spiro atoms. The Morgan fingerprint density at radius 1 is 1.75 bits per heavy atom. The van der Waals surface area contributed by atoms with Gasteiger partial charge < -0.3 is 10.5 Å². The summed E-state index contributed by atoms with van der Waals surface area (Å²) < 4.78 is 4.72. The van der Waals surface area contributed by atoms with Crippen molar-refractivity contribution in [2.45, 2.75) is 32.2 Å². The van der Waals surface area contributed by atoms with Crippen molar-refractivity contribution in [3.63, 3.8) is 0 Å². The van der Waals surface area contributed by atoms with Gasteiger partial charge in [-0.05, 0) is 19.8 Å². The molecule has 0 rings (SSSR count). The van der Waals surface area contributed by atoms with Gasteiger partial charge in [0.15, 0.2) is 0 Å². The van der Waals surface area contributed by atoms with Gasteiger partial charge in [0.25, 0.3) is 0 Å². The van der Waals surface area contributed by atoms with E-state index in [1.807, 2.05) is 0 Å². The van der Waals surface area contributed by atoms with E-state index >= 15 is 0 Å². The summed E-state index contributed by atoms with van der Waals surface area (Å²) in [5.74, 6) is 2.15. The Morgan fingerprint density at radius 2 is 2.42 bits per heavy atom. The number of terminal acetylenes is 1. The maximum atomic E-state index is 10.9. The molecule has 0 aliphatic carbocycles. The average Bonchev–Trinajstić information content (AvgIpc) is 2.05. The molecule has 0 radical (unpaired) electrons. The third-order valence-electron chi connectivity index (χ3n) is 1.43. The maximum Gasteiger partial charge on any atom is 0.322 e. The van der Waals surface area contributed by atoms with Gasteiger partial charge >= 0.3 is 5.97 Å². The first-order valence-corrected chi connectivity index (χ1v) is 4.08. The summed E-state index contributed by atoms with van der Waals surface area (Å²) >= 11 is 0. The van der Waals surface area contributed by atoms with Crippen LogP contribution < -0.4 is 5.73 Å². The Hall–Kier alpha value is -1.01. The van der Waals surface area contributed by atoms with E-state index in [1.54, 1.807) is 6.92 Å². The van der Waals surface area contributed by atoms with E-state index in [0.29, 0.717) is 19.4 Å². The summed E-state index contributed by atoms with van der Waals surface area (Å²) in [6.45, 7) is 2.13. The van der Waals surface area contributed by atoms with Crippen molar-refractivity contribution in [2.75, 3.05) is 6.61 Å². The number of esters is 1. The van der Waals surface area contributed by atoms with Crippen molar-refractivity contribution in [1.82, 2.24) is 0 Å². The first-order valence-electron chi connectivity index (χ1n) is 4.08. The molecule has 0 fully saturated rings. The van der Waals surface area contributed by atoms with Crippen molar-refractivity contribution < 1.29 is 9.53 Å². The maximum absolute atomic E-state index is 10.9. The molecular formula is C9H15NO2. The lowest BCUT2D eigenvalue weighted by Gasteiger charge is -2.08. The minimum absolute atomic E-state index is 0.338. The van der Waals surface area contributed by atoms with Crippen molar-refractivity contribution in [3.05, 3.63) is 0 Å². The van der Waals surface area contributed by atoms with Gasteiger partial charge in [-0.3, -0.25) is 4.79 Å². The SMILES string of the molecule is C#CCCCC(N)C(=O)OCC. The molecule has 0 aliphatic heterocycles. The second-order valence-corrected chi connectivity index (χ2v) is 2.45. The molecule has 0 amide bonds. The van der Waals surface area contributed by atoms with E-state index in [0.717, 1.165) is 6.42 Å². The average molecular weight is 169 g/mol. The Kier molecular flexibility index (Phi) is 6.12. The molecule has 2 N–H and O–H groups in total. The Balaban J connectivity index is 3.51. The summed E-state index contributed by atoms with van der Waals surface area (Å²) in [5.41, 5.74) is 5.50. The summed E-state index contributed by atoms with van der Waals surface area (Å²) in [4.78, 5) is 10.9. The first-order chi connectivity index (χ1) is 5.72. The smallest absolute Gasteiger partial charge is 0.322 e. The van der Waals surface area contributed by atoms with Gasteiger partial charge in [-0.15, -0.1) is 12.3 Å². The summed E-state index contributed by atoms with van der Waals surface area (Å²) in [5, 5.41) is 0. The fourth-order valence-corrected chi connectivity index (χ4v) is 0.791. The molecule has 0 bridgehead atoms. The standard InChI is InChI=1S/C9H15NO2/c1-3-5-6-7-8(10)9(11)12-4-2/h1,8H,4-7,10H2,2H3. The number of carbonyl (C=O) groups is 1. The molecule has 1 atom stereocenters. The van der Waals surface area contributed by atoms with E-state index in [1.165, 1.54) is 0 Å². The highest BCUT2D eigenvalue weighted by Gasteiger charge is 2.12. The number of nitrogens with two attached hydrogens (primary N) is 1. The highest BCUT2D eigenvalue weighted by Crippen LogP contribution is 1.99. The van der Waals surface area contributed by atoms with Gasteiger partial charge in [0.2, 0.25) is 0 Å². The van der Waals surface area contributed by atoms with Gasteiger partial charge in [-0.25, -0.2) is 0 Å². The van der Waals surface area contributed by atoms with E-state index < -0.39 is 6.04 Å². The van der Waals surface area contributed by atoms with Crippen LogP contribution in [0.4, 0.5) is 0 Å². The normalized spacial score (nSPS) is 11.8. The lowest BCUT2D eigenvalue weighted by atomic mass is 10.1. The number of carbonyl (C=O) groups excluding carboxylic acids is 1. The fourth-order valence-electron chi connectivity index (χ4n) is 0.791. The molecule has 0 heterocycles. The Labute approximate surface area is 73.3 Å². The zero-order valence-electron chi connectivity index (χ0n) is 7.38. The molecule has 3 heteroatoms. The van der Waals surface area contributed by atoms with Crippen molar-refractivity contribution in [1.29, 1.82) is 0 Å². The number of rotatable bonds is 5. The van der Waals surface area contributed by atoms with Crippen LogP contribution in [0, 0.1) is 12.3 Å². The van der Waals surface area contributed by atoms with Crippen molar-refractivity contribution in [3.8, 4) is 12.3 Å². The van der Waals surface area contributed by atoms with Crippen LogP contribution in [-0.4, -0.2) is 18.6 Å². The predicted octanol–water partition coefficient (Wildman–Crippen LogP) is 0.680. The monoisotopic (exact) mass is 169 g/mol. The fraction of sp³-hybridized carbons (Fsp3) is 0.667. The second kappa shape index (κ2) is 6.68. The van der Waals surface area contributed by atoms with E-state index in [9.17, 15) is 4.79 Å². The lowest BCUT2D eigenvalue weighted by Crippen LogP contribution is -2.32. The number of unbranched alkanes of at least 4 members (excludes halogenated alkanes) is 1. The zero-order chi connectivity index (χ0) is 9.40. The summed E-state index contributed by atoms with van der Waals surface area (Å²) in [6, 6.07) is -0.515. The van der Waals surface area contributed by atoms with Crippen LogP contribution in [0.15, 0.2) is 0 Å². The highest BCUT2D eigenvalue weighted by molar-refractivity contribution is 5.75. The minimum Gasteiger partial charge on any atom is -0.465 e. The minimum atomic E-state index is -0.515. The van der Waals surface area contributed by atoms with Gasteiger partial charge in [-0.1, -0.05) is 0 Å². The number of ether oxygens (including phenoxy) is 1. The van der Waals surface area contributed by atoms with Gasteiger partial charge in [-0.2, -0.15) is 0 Å². The molecule has 0 aromatic heterocycles. The largest absolute Gasteiger partial charge is 0.465 e. The molecule has 0 saturated heterocycles. The van der Waals surface area contributed by atoms with E-state index in [4.69, 9.17) is 16.9 Å². The zero-order valence-corrected chi connectivity index (χ0v) is 7.38. The van der Waals surface area contributed by atoms with Crippen LogP contribution in [0.2, 0.25) is 0 Å². The van der Waals surface area contributed by atoms with Crippen LogP contribution in [0.5, 0.6) is 0 Å². The van der Waals surface area contributed by atoms with Crippen molar-refractivity contribution >= 4 is 5.97 Å². The third-order valence-corrected chi connectivity index (χ3v) is 1.43. The van der Waals surface area contributed by atoms with E-state index in [2.05, 4.69) is 5.92 Å². The van der Waals surface area contributed by atoms with Gasteiger partial charge in [0.1, 0.15) is 6.04 Å². The highest BCUT2D eigenvalue weighted by atomic mass is 16.5. The molecule has 0 aromatic carbocycles. The molecule has 3 nitrogen and oxygen atoms in total. The van der Waals surface area contributed by atoms with Crippen LogP contribution >= 0.6 is 0 Å². The van der Waals surface area contributed by atoms with Gasteiger partial charge in [0, 0.05) is 6.42 Å². The number of hydrogen-bond acceptors (Lipinski definition) is 3. The third kappa shape index (κ3) is 4.75. The molecule has 12 heavy (non-hydrogen) atoms. The molecule has 0 saturated carbocycles. The Morgan fingerprint density at radius 3 is 2.92 bits per heavy atom. The van der Waals surface area contributed by atoms with Crippen LogP contribution in [0.3, 0.4) is 0 Å². The molecule has 0 aromatic rings. The summed E-state index contributed by atoms with van der Waals surface area (Å²) in [7, 11) is 0. The van der Waals surface area contributed by atoms with Gasteiger partial charge in [0.05, 0.1) is 6.61 Å².